The zero-order valence-electron chi connectivity index (χ0n) is 16.1. The maximum atomic E-state index is 12.9. The van der Waals surface area contributed by atoms with Crippen molar-refractivity contribution in [2.75, 3.05) is 0 Å². The molecule has 4 rings (SSSR count). The molecule has 2 aromatic carbocycles. The topological polar surface area (TPSA) is 94.3 Å². The highest BCUT2D eigenvalue weighted by atomic mass is 16.5. The average molecular weight is 392 g/mol. The largest absolute Gasteiger partial charge is 0.454 e. The number of H-pyrrole nitrogens is 1. The Labute approximate surface area is 165 Å². The number of aromatic amines is 1. The Balaban J connectivity index is 1.45. The highest BCUT2D eigenvalue weighted by Crippen LogP contribution is 2.24. The van der Waals surface area contributed by atoms with Crippen molar-refractivity contribution in [1.82, 2.24) is 9.55 Å². The van der Waals surface area contributed by atoms with Gasteiger partial charge in [-0.3, -0.25) is 14.2 Å². The summed E-state index contributed by atoms with van der Waals surface area (Å²) in [6.07, 6.45) is -0.980. The number of carbonyl (C=O) groups is 2. The third-order valence-corrected chi connectivity index (χ3v) is 4.93. The van der Waals surface area contributed by atoms with Gasteiger partial charge in [0.1, 0.15) is 0 Å². The summed E-state index contributed by atoms with van der Waals surface area (Å²) in [6, 6.07) is 14.5. The Hall–Kier alpha value is -3.61. The van der Waals surface area contributed by atoms with Gasteiger partial charge in [0.15, 0.2) is 11.7 Å². The van der Waals surface area contributed by atoms with E-state index in [1.807, 2.05) is 31.2 Å². The van der Waals surface area contributed by atoms with Crippen LogP contribution in [0.2, 0.25) is 0 Å². The number of fused-ring (bicyclic) bond motifs is 2. The van der Waals surface area contributed by atoms with E-state index in [9.17, 15) is 14.4 Å². The SMILES string of the molecule is Cc1[nH]c2ccccc2c1C(=O)C(C)OC(=O)CCn1c(=O)oc2ccccc21. The summed E-state index contributed by atoms with van der Waals surface area (Å²) in [5.74, 6) is -1.35. The van der Waals surface area contributed by atoms with Gasteiger partial charge in [0.2, 0.25) is 5.78 Å². The molecule has 0 radical (unpaired) electrons. The molecule has 148 valence electrons. The van der Waals surface area contributed by atoms with Gasteiger partial charge < -0.3 is 14.1 Å². The average Bonchev–Trinajstić information content (AvgIpc) is 3.20. The van der Waals surface area contributed by atoms with E-state index in [2.05, 4.69) is 4.98 Å². The lowest BCUT2D eigenvalue weighted by atomic mass is 10.0. The minimum Gasteiger partial charge on any atom is -0.454 e. The van der Waals surface area contributed by atoms with Crippen LogP contribution < -0.4 is 5.76 Å². The summed E-state index contributed by atoms with van der Waals surface area (Å²) < 4.78 is 11.9. The number of rotatable bonds is 6. The highest BCUT2D eigenvalue weighted by molar-refractivity contribution is 6.11. The molecule has 0 amide bonds. The van der Waals surface area contributed by atoms with Crippen molar-refractivity contribution in [2.24, 2.45) is 0 Å². The Morgan fingerprint density at radius 2 is 1.86 bits per heavy atom. The minimum absolute atomic E-state index is 0.0477. The third-order valence-electron chi connectivity index (χ3n) is 4.93. The number of ketones is 1. The fraction of sp³-hybridized carbons (Fsp3) is 0.227. The van der Waals surface area contributed by atoms with Crippen molar-refractivity contribution in [3.63, 3.8) is 0 Å². The second kappa shape index (κ2) is 7.43. The number of hydrogen-bond acceptors (Lipinski definition) is 5. The Kier molecular flexibility index (Phi) is 4.80. The predicted molar refractivity (Wildman–Crippen MR) is 108 cm³/mol. The monoisotopic (exact) mass is 392 g/mol. The van der Waals surface area contributed by atoms with Crippen LogP contribution >= 0.6 is 0 Å². The molecular formula is C22H20N2O5. The molecule has 0 aliphatic heterocycles. The van der Waals surface area contributed by atoms with Gasteiger partial charge in [-0.2, -0.15) is 0 Å². The normalized spacial score (nSPS) is 12.3. The molecule has 7 nitrogen and oxygen atoms in total. The molecule has 1 unspecified atom stereocenters. The number of oxazole rings is 1. The summed E-state index contributed by atoms with van der Waals surface area (Å²) >= 11 is 0. The molecule has 29 heavy (non-hydrogen) atoms. The second-order valence-electron chi connectivity index (χ2n) is 6.90. The maximum absolute atomic E-state index is 12.9. The number of aromatic nitrogens is 2. The van der Waals surface area contributed by atoms with Crippen molar-refractivity contribution in [1.29, 1.82) is 0 Å². The quantitative estimate of drug-likeness (QED) is 0.400. The van der Waals surface area contributed by atoms with Crippen LogP contribution in [0.25, 0.3) is 22.0 Å². The first-order valence-corrected chi connectivity index (χ1v) is 9.35. The van der Waals surface area contributed by atoms with E-state index in [1.54, 1.807) is 31.2 Å². The molecule has 1 N–H and O–H groups in total. The number of esters is 1. The molecular weight excluding hydrogens is 372 g/mol. The lowest BCUT2D eigenvalue weighted by Gasteiger charge is -2.13. The number of nitrogens with one attached hydrogen (secondary N) is 1. The summed E-state index contributed by atoms with van der Waals surface area (Å²) in [7, 11) is 0. The summed E-state index contributed by atoms with van der Waals surface area (Å²) in [6.45, 7) is 3.49. The molecule has 0 bridgehead atoms. The first-order chi connectivity index (χ1) is 14.0. The number of benzene rings is 2. The van der Waals surface area contributed by atoms with Gasteiger partial charge in [0.25, 0.3) is 0 Å². The van der Waals surface area contributed by atoms with Crippen LogP contribution in [0.4, 0.5) is 0 Å². The lowest BCUT2D eigenvalue weighted by Crippen LogP contribution is -2.26. The van der Waals surface area contributed by atoms with Crippen LogP contribution in [0.5, 0.6) is 0 Å². The smallest absolute Gasteiger partial charge is 0.419 e. The van der Waals surface area contributed by atoms with Gasteiger partial charge in [-0.1, -0.05) is 30.3 Å². The molecule has 0 spiro atoms. The highest BCUT2D eigenvalue weighted by Gasteiger charge is 2.24. The van der Waals surface area contributed by atoms with E-state index in [0.29, 0.717) is 16.7 Å². The first kappa shape index (κ1) is 18.7. The van der Waals surface area contributed by atoms with Crippen molar-refractivity contribution in [3.05, 3.63) is 70.3 Å². The third kappa shape index (κ3) is 3.47. The van der Waals surface area contributed by atoms with Gasteiger partial charge in [0, 0.05) is 28.7 Å². The fourth-order valence-electron chi connectivity index (χ4n) is 3.54. The number of carbonyl (C=O) groups excluding carboxylic acids is 2. The number of ether oxygens (including phenoxy) is 1. The van der Waals surface area contributed by atoms with Gasteiger partial charge in [0.05, 0.1) is 11.9 Å². The number of Topliss-reactive ketones (excluding diaryl/α,β-unsaturated/α-hetero) is 1. The van der Waals surface area contributed by atoms with Crippen LogP contribution in [0.15, 0.2) is 57.7 Å². The summed E-state index contributed by atoms with van der Waals surface area (Å²) in [4.78, 5) is 40.3. The second-order valence-corrected chi connectivity index (χ2v) is 6.90. The van der Waals surface area contributed by atoms with Gasteiger partial charge in [-0.05, 0) is 32.0 Å². The molecule has 0 fully saturated rings. The van der Waals surface area contributed by atoms with E-state index in [1.165, 1.54) is 4.57 Å². The van der Waals surface area contributed by atoms with Crippen molar-refractivity contribution in [2.45, 2.75) is 32.9 Å². The van der Waals surface area contributed by atoms with Crippen molar-refractivity contribution < 1.29 is 18.7 Å². The minimum atomic E-state index is -0.932. The van der Waals surface area contributed by atoms with Crippen LogP contribution in [-0.4, -0.2) is 27.4 Å². The molecule has 2 aromatic heterocycles. The van der Waals surface area contributed by atoms with E-state index < -0.39 is 17.8 Å². The lowest BCUT2D eigenvalue weighted by molar-refractivity contribution is -0.146. The molecule has 0 aliphatic carbocycles. The molecule has 0 aliphatic rings. The van der Waals surface area contributed by atoms with Crippen molar-refractivity contribution in [3.8, 4) is 0 Å². The molecule has 0 saturated heterocycles. The van der Waals surface area contributed by atoms with E-state index >= 15 is 0 Å². The number of aryl methyl sites for hydroxylation is 2. The zero-order valence-corrected chi connectivity index (χ0v) is 16.1. The van der Waals surface area contributed by atoms with Crippen LogP contribution in [0.1, 0.15) is 29.4 Å². The molecule has 0 saturated carbocycles. The molecule has 7 heteroatoms. The zero-order chi connectivity index (χ0) is 20.5. The number of hydrogen-bond donors (Lipinski definition) is 1. The standard InChI is InChI=1S/C22H20N2O5/c1-13-20(15-7-3-4-8-16(15)23-13)21(26)14(2)28-19(25)11-12-24-17-9-5-6-10-18(17)29-22(24)27/h3-10,14,23H,11-12H2,1-2H3. The first-order valence-electron chi connectivity index (χ1n) is 9.35. The molecule has 1 atom stereocenters. The van der Waals surface area contributed by atoms with E-state index in [-0.39, 0.29) is 18.7 Å². The van der Waals surface area contributed by atoms with Crippen LogP contribution in [0, 0.1) is 6.92 Å². The van der Waals surface area contributed by atoms with Gasteiger partial charge >= 0.3 is 11.7 Å². The Morgan fingerprint density at radius 3 is 2.69 bits per heavy atom. The van der Waals surface area contributed by atoms with Gasteiger partial charge in [-0.15, -0.1) is 0 Å². The summed E-state index contributed by atoms with van der Waals surface area (Å²) in [5, 5.41) is 0.800. The number of para-hydroxylation sites is 3. The van der Waals surface area contributed by atoms with E-state index in [4.69, 9.17) is 9.15 Å². The Bertz CT molecular complexity index is 1280. The Morgan fingerprint density at radius 1 is 1.14 bits per heavy atom. The van der Waals surface area contributed by atoms with Gasteiger partial charge in [-0.25, -0.2) is 4.79 Å². The van der Waals surface area contributed by atoms with E-state index in [0.717, 1.165) is 16.6 Å². The fourth-order valence-corrected chi connectivity index (χ4v) is 3.54. The summed E-state index contributed by atoms with van der Waals surface area (Å²) in [5.41, 5.74) is 3.19. The van der Waals surface area contributed by atoms with Crippen molar-refractivity contribution >= 4 is 33.8 Å². The van der Waals surface area contributed by atoms with Crippen LogP contribution in [-0.2, 0) is 16.1 Å². The molecule has 2 heterocycles. The van der Waals surface area contributed by atoms with Crippen LogP contribution in [0.3, 0.4) is 0 Å². The maximum Gasteiger partial charge on any atom is 0.419 e. The molecule has 4 aromatic rings. The number of nitrogens with zero attached hydrogens (tertiary/aromatic N) is 1. The predicted octanol–water partition coefficient (Wildman–Crippen LogP) is 3.59.